The molecule has 0 bridgehead atoms. The number of hydrogen-bond acceptors (Lipinski definition) is 4. The highest BCUT2D eigenvalue weighted by molar-refractivity contribution is 5.78. The number of likely N-dealkylation sites (tertiary alicyclic amines) is 1. The third kappa shape index (κ3) is 3.66. The van der Waals surface area contributed by atoms with Crippen LogP contribution >= 0.6 is 0 Å². The minimum Gasteiger partial charge on any atom is -0.308 e. The molecule has 0 saturated carbocycles. The Bertz CT molecular complexity index is 257. The number of carbonyl (C=O) groups is 1. The standard InChI is InChI=1S/C12H26N4O/c1-9(12(17)14-13)10(2)16-7-5-6-11(16)8-15(3)4/h9-11H,5-8,13H2,1-4H3,(H,14,17). The molecule has 0 aromatic carbocycles. The quantitative estimate of drug-likeness (QED) is 0.405. The Hall–Kier alpha value is -0.650. The van der Waals surface area contributed by atoms with E-state index in [0.29, 0.717) is 6.04 Å². The highest BCUT2D eigenvalue weighted by Crippen LogP contribution is 2.24. The van der Waals surface area contributed by atoms with Gasteiger partial charge in [-0.05, 0) is 40.4 Å². The Morgan fingerprint density at radius 1 is 1.53 bits per heavy atom. The predicted molar refractivity (Wildman–Crippen MR) is 69.2 cm³/mol. The normalized spacial score (nSPS) is 24.9. The van der Waals surface area contributed by atoms with E-state index in [9.17, 15) is 4.79 Å². The Morgan fingerprint density at radius 2 is 2.18 bits per heavy atom. The van der Waals surface area contributed by atoms with Gasteiger partial charge in [-0.25, -0.2) is 5.84 Å². The third-order valence-electron chi connectivity index (χ3n) is 3.80. The molecule has 1 amide bonds. The average Bonchev–Trinajstić information content (AvgIpc) is 2.73. The summed E-state index contributed by atoms with van der Waals surface area (Å²) in [7, 11) is 4.19. The summed E-state index contributed by atoms with van der Waals surface area (Å²) in [5, 5.41) is 0. The second-order valence-electron chi connectivity index (χ2n) is 5.33. The molecule has 3 unspecified atom stereocenters. The minimum atomic E-state index is -0.0759. The topological polar surface area (TPSA) is 61.6 Å². The first-order chi connectivity index (χ1) is 7.97. The van der Waals surface area contributed by atoms with Gasteiger partial charge in [0.15, 0.2) is 0 Å². The molecule has 5 heteroatoms. The van der Waals surface area contributed by atoms with E-state index in [0.717, 1.165) is 13.1 Å². The minimum absolute atomic E-state index is 0.0669. The van der Waals surface area contributed by atoms with Gasteiger partial charge in [-0.15, -0.1) is 0 Å². The SMILES string of the molecule is CC(C(=O)NN)C(C)N1CCCC1CN(C)C. The zero-order valence-corrected chi connectivity index (χ0v) is 11.4. The van der Waals surface area contributed by atoms with E-state index in [2.05, 4.69) is 36.2 Å². The largest absolute Gasteiger partial charge is 0.308 e. The number of amides is 1. The Labute approximate surface area is 104 Å². The van der Waals surface area contributed by atoms with Gasteiger partial charge >= 0.3 is 0 Å². The van der Waals surface area contributed by atoms with Crippen LogP contribution in [0, 0.1) is 5.92 Å². The van der Waals surface area contributed by atoms with Gasteiger partial charge in [0.1, 0.15) is 0 Å². The second-order valence-corrected chi connectivity index (χ2v) is 5.33. The van der Waals surface area contributed by atoms with Crippen LogP contribution in [0.25, 0.3) is 0 Å². The molecule has 1 heterocycles. The summed E-state index contributed by atoms with van der Waals surface area (Å²) in [6, 6.07) is 0.805. The maximum atomic E-state index is 11.6. The fraction of sp³-hybridized carbons (Fsp3) is 0.917. The number of nitrogens with zero attached hydrogens (tertiary/aromatic N) is 2. The van der Waals surface area contributed by atoms with Crippen molar-refractivity contribution in [1.29, 1.82) is 0 Å². The molecule has 0 aromatic rings. The van der Waals surface area contributed by atoms with Crippen molar-refractivity contribution in [3.05, 3.63) is 0 Å². The lowest BCUT2D eigenvalue weighted by Crippen LogP contribution is -2.49. The Morgan fingerprint density at radius 3 is 2.71 bits per heavy atom. The van der Waals surface area contributed by atoms with Crippen LogP contribution in [0.2, 0.25) is 0 Å². The summed E-state index contributed by atoms with van der Waals surface area (Å²) >= 11 is 0. The van der Waals surface area contributed by atoms with E-state index in [-0.39, 0.29) is 17.9 Å². The van der Waals surface area contributed by atoms with Crippen molar-refractivity contribution in [1.82, 2.24) is 15.2 Å². The van der Waals surface area contributed by atoms with Gasteiger partial charge in [0.05, 0.1) is 5.92 Å². The number of carbonyl (C=O) groups excluding carboxylic acids is 1. The molecular formula is C12H26N4O. The van der Waals surface area contributed by atoms with Crippen molar-refractivity contribution >= 4 is 5.91 Å². The molecule has 0 radical (unpaired) electrons. The monoisotopic (exact) mass is 242 g/mol. The van der Waals surface area contributed by atoms with Crippen LogP contribution in [-0.2, 0) is 4.79 Å². The lowest BCUT2D eigenvalue weighted by molar-refractivity contribution is -0.126. The van der Waals surface area contributed by atoms with Crippen LogP contribution in [0.4, 0.5) is 0 Å². The van der Waals surface area contributed by atoms with Crippen LogP contribution in [-0.4, -0.2) is 55.0 Å². The fourth-order valence-electron chi connectivity index (χ4n) is 2.65. The lowest BCUT2D eigenvalue weighted by atomic mass is 10.0. The summed E-state index contributed by atoms with van der Waals surface area (Å²) in [5.74, 6) is 5.06. The molecule has 0 spiro atoms. The molecule has 1 aliphatic heterocycles. The second kappa shape index (κ2) is 6.33. The summed E-state index contributed by atoms with van der Waals surface area (Å²) < 4.78 is 0. The number of likely N-dealkylation sites (N-methyl/N-ethyl adjacent to an activating group) is 1. The molecule has 1 rings (SSSR count). The molecular weight excluding hydrogens is 216 g/mol. The van der Waals surface area contributed by atoms with Gasteiger partial charge in [-0.1, -0.05) is 6.92 Å². The van der Waals surface area contributed by atoms with Gasteiger partial charge < -0.3 is 4.90 Å². The molecule has 0 aliphatic carbocycles. The highest BCUT2D eigenvalue weighted by atomic mass is 16.2. The molecule has 0 aromatic heterocycles. The van der Waals surface area contributed by atoms with Crippen molar-refractivity contribution < 1.29 is 4.79 Å². The van der Waals surface area contributed by atoms with Crippen LogP contribution in [0.5, 0.6) is 0 Å². The number of hydrogen-bond donors (Lipinski definition) is 2. The maximum absolute atomic E-state index is 11.6. The van der Waals surface area contributed by atoms with Crippen LogP contribution in [0.1, 0.15) is 26.7 Å². The van der Waals surface area contributed by atoms with E-state index in [1.54, 1.807) is 0 Å². The number of nitrogens with one attached hydrogen (secondary N) is 1. The van der Waals surface area contributed by atoms with Crippen LogP contribution in [0.3, 0.4) is 0 Å². The lowest BCUT2D eigenvalue weighted by Gasteiger charge is -2.34. The summed E-state index contributed by atoms with van der Waals surface area (Å²) in [6.45, 7) is 6.20. The number of hydrazine groups is 1. The van der Waals surface area contributed by atoms with Crippen LogP contribution < -0.4 is 11.3 Å². The van der Waals surface area contributed by atoms with Gasteiger partial charge in [0.2, 0.25) is 5.91 Å². The summed E-state index contributed by atoms with van der Waals surface area (Å²) in [6.07, 6.45) is 2.44. The first kappa shape index (κ1) is 14.4. The average molecular weight is 242 g/mol. The smallest absolute Gasteiger partial charge is 0.238 e. The van der Waals surface area contributed by atoms with Crippen molar-refractivity contribution in [3.8, 4) is 0 Å². The van der Waals surface area contributed by atoms with Crippen molar-refractivity contribution in [3.63, 3.8) is 0 Å². The van der Waals surface area contributed by atoms with Gasteiger partial charge in [-0.2, -0.15) is 0 Å². The molecule has 1 fully saturated rings. The molecule has 1 aliphatic rings. The van der Waals surface area contributed by atoms with Gasteiger partial charge in [0, 0.05) is 18.6 Å². The van der Waals surface area contributed by atoms with E-state index >= 15 is 0 Å². The van der Waals surface area contributed by atoms with Crippen LogP contribution in [0.15, 0.2) is 0 Å². The maximum Gasteiger partial charge on any atom is 0.238 e. The first-order valence-electron chi connectivity index (χ1n) is 6.38. The van der Waals surface area contributed by atoms with E-state index < -0.39 is 0 Å². The van der Waals surface area contributed by atoms with E-state index in [4.69, 9.17) is 5.84 Å². The number of nitrogens with two attached hydrogens (primary N) is 1. The fourth-order valence-corrected chi connectivity index (χ4v) is 2.65. The third-order valence-corrected chi connectivity index (χ3v) is 3.80. The molecule has 3 N–H and O–H groups in total. The van der Waals surface area contributed by atoms with Crippen molar-refractivity contribution in [2.45, 2.75) is 38.8 Å². The molecule has 5 nitrogen and oxygen atoms in total. The summed E-state index contributed by atoms with van der Waals surface area (Å²) in [5.41, 5.74) is 2.25. The molecule has 3 atom stereocenters. The zero-order valence-electron chi connectivity index (χ0n) is 11.4. The Balaban J connectivity index is 2.60. The summed E-state index contributed by atoms with van der Waals surface area (Å²) in [4.78, 5) is 16.2. The van der Waals surface area contributed by atoms with Gasteiger partial charge in [0.25, 0.3) is 0 Å². The van der Waals surface area contributed by atoms with Crippen molar-refractivity contribution in [2.75, 3.05) is 27.2 Å². The van der Waals surface area contributed by atoms with Crippen molar-refractivity contribution in [2.24, 2.45) is 11.8 Å². The van der Waals surface area contributed by atoms with E-state index in [1.807, 2.05) is 6.92 Å². The first-order valence-corrected chi connectivity index (χ1v) is 6.38. The zero-order chi connectivity index (χ0) is 13.0. The molecule has 1 saturated heterocycles. The highest BCUT2D eigenvalue weighted by Gasteiger charge is 2.33. The molecule has 17 heavy (non-hydrogen) atoms. The predicted octanol–water partition coefficient (Wildman–Crippen LogP) is 0.0269. The van der Waals surface area contributed by atoms with Gasteiger partial charge in [-0.3, -0.25) is 15.1 Å². The number of rotatable bonds is 5. The van der Waals surface area contributed by atoms with E-state index in [1.165, 1.54) is 12.8 Å². The molecule has 100 valence electrons. The Kier molecular flexibility index (Phi) is 5.36.